The molecule has 0 saturated carbocycles. The zero-order chi connectivity index (χ0) is 13.8. The first-order valence-electron chi connectivity index (χ1n) is 5.61. The number of nitrogens with zero attached hydrogens (tertiary/aromatic N) is 1. The predicted octanol–water partition coefficient (Wildman–Crippen LogP) is 1.51. The van der Waals surface area contributed by atoms with Crippen molar-refractivity contribution in [1.29, 1.82) is 0 Å². The second-order valence-electron chi connectivity index (χ2n) is 3.93. The number of carbonyl (C=O) groups excluding carboxylic acids is 1. The molecule has 0 radical (unpaired) electrons. The van der Waals surface area contributed by atoms with Crippen LogP contribution in [0.2, 0.25) is 0 Å². The van der Waals surface area contributed by atoms with E-state index in [2.05, 4.69) is 10.3 Å². The normalized spacial score (nSPS) is 10.2. The summed E-state index contributed by atoms with van der Waals surface area (Å²) in [6.45, 7) is 0.312. The maximum Gasteiger partial charge on any atom is 0.257 e. The molecule has 0 fully saturated rings. The van der Waals surface area contributed by atoms with Crippen LogP contribution in [0.4, 0.5) is 15.8 Å². The molecule has 6 heteroatoms. The van der Waals surface area contributed by atoms with Gasteiger partial charge in [0, 0.05) is 12.7 Å². The Morgan fingerprint density at radius 2 is 2.11 bits per heavy atom. The minimum Gasteiger partial charge on any atom is -0.397 e. The number of halogens is 1. The lowest BCUT2D eigenvalue weighted by Gasteiger charge is -2.08. The Bertz CT molecular complexity index is 598. The third kappa shape index (κ3) is 3.05. The Morgan fingerprint density at radius 1 is 1.32 bits per heavy atom. The Hall–Kier alpha value is -2.47. The van der Waals surface area contributed by atoms with Crippen molar-refractivity contribution < 1.29 is 9.18 Å². The van der Waals surface area contributed by atoms with Gasteiger partial charge in [0.2, 0.25) is 0 Å². The summed E-state index contributed by atoms with van der Waals surface area (Å²) in [5.41, 5.74) is 12.6. The summed E-state index contributed by atoms with van der Waals surface area (Å²) in [5, 5.41) is 2.59. The average molecular weight is 260 g/mol. The number of carbonyl (C=O) groups is 1. The molecule has 0 aliphatic carbocycles. The number of amides is 1. The Morgan fingerprint density at radius 3 is 2.68 bits per heavy atom. The Balaban J connectivity index is 2.15. The summed E-state index contributed by atoms with van der Waals surface area (Å²) in [5.74, 6) is -0.821. The van der Waals surface area contributed by atoms with E-state index in [1.165, 1.54) is 18.3 Å². The van der Waals surface area contributed by atoms with Crippen molar-refractivity contribution in [2.24, 2.45) is 5.73 Å². The molecule has 0 spiro atoms. The van der Waals surface area contributed by atoms with Crippen LogP contribution in [0.3, 0.4) is 0 Å². The molecule has 2 aromatic rings. The maximum atomic E-state index is 12.9. The van der Waals surface area contributed by atoms with Gasteiger partial charge in [0.1, 0.15) is 5.82 Å². The van der Waals surface area contributed by atoms with Crippen molar-refractivity contribution in [3.05, 3.63) is 53.6 Å². The van der Waals surface area contributed by atoms with E-state index in [-0.39, 0.29) is 11.6 Å². The lowest BCUT2D eigenvalue weighted by atomic mass is 10.2. The van der Waals surface area contributed by atoms with Crippen LogP contribution in [0.25, 0.3) is 0 Å². The van der Waals surface area contributed by atoms with E-state index in [0.29, 0.717) is 23.5 Å². The molecule has 0 aliphatic rings. The second kappa shape index (κ2) is 5.45. The summed E-state index contributed by atoms with van der Waals surface area (Å²) in [6, 6.07) is 7.06. The van der Waals surface area contributed by atoms with Gasteiger partial charge in [-0.05, 0) is 30.3 Å². The number of rotatable bonds is 3. The molecule has 0 atom stereocenters. The smallest absolute Gasteiger partial charge is 0.257 e. The molecule has 19 heavy (non-hydrogen) atoms. The van der Waals surface area contributed by atoms with Gasteiger partial charge >= 0.3 is 0 Å². The van der Waals surface area contributed by atoms with Gasteiger partial charge in [-0.25, -0.2) is 4.39 Å². The average Bonchev–Trinajstić information content (AvgIpc) is 2.42. The SMILES string of the molecule is NCc1ccc(C(=O)Nc2ccc(F)cc2N)cn1. The molecule has 1 aromatic carbocycles. The van der Waals surface area contributed by atoms with Gasteiger partial charge in [0.25, 0.3) is 5.91 Å². The maximum absolute atomic E-state index is 12.9. The van der Waals surface area contributed by atoms with E-state index in [1.54, 1.807) is 12.1 Å². The molecule has 0 saturated heterocycles. The van der Waals surface area contributed by atoms with Crippen LogP contribution in [-0.4, -0.2) is 10.9 Å². The number of anilines is 2. The van der Waals surface area contributed by atoms with E-state index < -0.39 is 5.82 Å². The zero-order valence-corrected chi connectivity index (χ0v) is 10.1. The molecular weight excluding hydrogens is 247 g/mol. The fraction of sp³-hybridized carbons (Fsp3) is 0.0769. The van der Waals surface area contributed by atoms with E-state index in [4.69, 9.17) is 11.5 Å². The highest BCUT2D eigenvalue weighted by Crippen LogP contribution is 2.19. The van der Waals surface area contributed by atoms with E-state index in [9.17, 15) is 9.18 Å². The quantitative estimate of drug-likeness (QED) is 0.729. The van der Waals surface area contributed by atoms with E-state index >= 15 is 0 Å². The van der Waals surface area contributed by atoms with E-state index in [0.717, 1.165) is 6.07 Å². The first kappa shape index (κ1) is 13.0. The van der Waals surface area contributed by atoms with Gasteiger partial charge in [-0.1, -0.05) is 0 Å². The van der Waals surface area contributed by atoms with Crippen molar-refractivity contribution in [3.8, 4) is 0 Å². The second-order valence-corrected chi connectivity index (χ2v) is 3.93. The molecule has 0 unspecified atom stereocenters. The minimum atomic E-state index is -0.454. The minimum absolute atomic E-state index is 0.167. The number of hydrogen-bond acceptors (Lipinski definition) is 4. The summed E-state index contributed by atoms with van der Waals surface area (Å²) >= 11 is 0. The monoisotopic (exact) mass is 260 g/mol. The van der Waals surface area contributed by atoms with Crippen molar-refractivity contribution >= 4 is 17.3 Å². The van der Waals surface area contributed by atoms with Gasteiger partial charge in [-0.3, -0.25) is 9.78 Å². The van der Waals surface area contributed by atoms with Gasteiger partial charge in [0.05, 0.1) is 22.6 Å². The molecular formula is C13H13FN4O. The first-order valence-corrected chi connectivity index (χ1v) is 5.61. The molecule has 1 aromatic heterocycles. The Labute approximate surface area is 109 Å². The lowest BCUT2D eigenvalue weighted by molar-refractivity contribution is 0.102. The number of pyridine rings is 1. The standard InChI is InChI=1S/C13H13FN4O/c14-9-2-4-12(11(16)5-9)18-13(19)8-1-3-10(6-15)17-7-8/h1-5,7H,6,15-16H2,(H,18,19). The fourth-order valence-corrected chi connectivity index (χ4v) is 1.52. The van der Waals surface area contributed by atoms with Crippen LogP contribution in [0, 0.1) is 5.82 Å². The van der Waals surface area contributed by atoms with Crippen molar-refractivity contribution in [3.63, 3.8) is 0 Å². The number of nitrogens with two attached hydrogens (primary N) is 2. The van der Waals surface area contributed by atoms with Crippen LogP contribution >= 0.6 is 0 Å². The zero-order valence-electron chi connectivity index (χ0n) is 10.1. The third-order valence-corrected chi connectivity index (χ3v) is 2.56. The first-order chi connectivity index (χ1) is 9.10. The highest BCUT2D eigenvalue weighted by Gasteiger charge is 2.09. The van der Waals surface area contributed by atoms with Gasteiger partial charge in [0.15, 0.2) is 0 Å². The molecule has 0 bridgehead atoms. The van der Waals surface area contributed by atoms with Gasteiger partial charge in [-0.2, -0.15) is 0 Å². The molecule has 98 valence electrons. The Kier molecular flexibility index (Phi) is 3.72. The summed E-state index contributed by atoms with van der Waals surface area (Å²) in [4.78, 5) is 15.9. The van der Waals surface area contributed by atoms with Crippen molar-refractivity contribution in [2.75, 3.05) is 11.1 Å². The largest absolute Gasteiger partial charge is 0.397 e. The molecule has 2 rings (SSSR count). The predicted molar refractivity (Wildman–Crippen MR) is 70.9 cm³/mol. The van der Waals surface area contributed by atoms with Crippen LogP contribution in [-0.2, 0) is 6.54 Å². The summed E-state index contributed by atoms with van der Waals surface area (Å²) in [7, 11) is 0. The van der Waals surface area contributed by atoms with E-state index in [1.807, 2.05) is 0 Å². The van der Waals surface area contributed by atoms with Crippen LogP contribution in [0.1, 0.15) is 16.1 Å². The highest BCUT2D eigenvalue weighted by molar-refractivity contribution is 6.05. The summed E-state index contributed by atoms with van der Waals surface area (Å²) in [6.07, 6.45) is 1.43. The molecule has 5 N–H and O–H groups in total. The molecule has 1 heterocycles. The fourth-order valence-electron chi connectivity index (χ4n) is 1.52. The van der Waals surface area contributed by atoms with Crippen molar-refractivity contribution in [2.45, 2.75) is 6.54 Å². The molecule has 5 nitrogen and oxygen atoms in total. The topological polar surface area (TPSA) is 94.0 Å². The number of hydrogen-bond donors (Lipinski definition) is 3. The number of nitrogens with one attached hydrogen (secondary N) is 1. The van der Waals surface area contributed by atoms with Gasteiger partial charge in [-0.15, -0.1) is 0 Å². The van der Waals surface area contributed by atoms with Crippen LogP contribution < -0.4 is 16.8 Å². The molecule has 0 aliphatic heterocycles. The molecule has 1 amide bonds. The number of benzene rings is 1. The number of aromatic nitrogens is 1. The van der Waals surface area contributed by atoms with Crippen LogP contribution in [0.5, 0.6) is 0 Å². The van der Waals surface area contributed by atoms with Crippen molar-refractivity contribution in [1.82, 2.24) is 4.98 Å². The number of nitrogen functional groups attached to an aromatic ring is 1. The summed E-state index contributed by atoms with van der Waals surface area (Å²) < 4.78 is 12.9. The third-order valence-electron chi connectivity index (χ3n) is 2.56. The lowest BCUT2D eigenvalue weighted by Crippen LogP contribution is -2.14. The van der Waals surface area contributed by atoms with Crippen LogP contribution in [0.15, 0.2) is 36.5 Å². The highest BCUT2D eigenvalue weighted by atomic mass is 19.1. The van der Waals surface area contributed by atoms with Gasteiger partial charge < -0.3 is 16.8 Å².